The van der Waals surface area contributed by atoms with E-state index in [-0.39, 0.29) is 0 Å². The second kappa shape index (κ2) is 6.91. The zero-order valence-electron chi connectivity index (χ0n) is 13.3. The van der Waals surface area contributed by atoms with Gasteiger partial charge in [0.25, 0.3) is 0 Å². The highest BCUT2D eigenvalue weighted by Gasteiger charge is 2.14. The topological polar surface area (TPSA) is 56.5 Å². The lowest BCUT2D eigenvalue weighted by Gasteiger charge is -2.18. The summed E-state index contributed by atoms with van der Waals surface area (Å²) in [5.74, 6) is 1.08. The van der Waals surface area contributed by atoms with E-state index in [0.29, 0.717) is 23.9 Å². The summed E-state index contributed by atoms with van der Waals surface area (Å²) >= 11 is 1.48. The predicted octanol–water partition coefficient (Wildman–Crippen LogP) is 3.63. The van der Waals surface area contributed by atoms with Crippen LogP contribution in [0.1, 0.15) is 23.4 Å². The zero-order valence-corrected chi connectivity index (χ0v) is 14.1. The van der Waals surface area contributed by atoms with Crippen molar-refractivity contribution < 1.29 is 14.2 Å². The van der Waals surface area contributed by atoms with Crippen molar-refractivity contribution in [3.8, 4) is 0 Å². The first-order valence-electron chi connectivity index (χ1n) is 7.59. The van der Waals surface area contributed by atoms with Gasteiger partial charge in [-0.05, 0) is 32.3 Å². The molecule has 6 heteroatoms. The minimum Gasteiger partial charge on any atom is -0.461 e. The normalized spacial score (nSPS) is 16.9. The van der Waals surface area contributed by atoms with Crippen LogP contribution in [-0.2, 0) is 20.8 Å². The van der Waals surface area contributed by atoms with E-state index in [9.17, 15) is 0 Å². The van der Waals surface area contributed by atoms with Crippen LogP contribution in [0.2, 0.25) is 0 Å². The molecule has 0 fully saturated rings. The number of thiazole rings is 1. The molecule has 2 aliphatic rings. The number of nitrogens with one attached hydrogen (secondary N) is 1. The van der Waals surface area contributed by atoms with Crippen LogP contribution in [0, 0.1) is 19.3 Å². The molecule has 23 heavy (non-hydrogen) atoms. The van der Waals surface area contributed by atoms with Crippen molar-refractivity contribution in [2.24, 2.45) is 0 Å². The average Bonchev–Trinajstić information content (AvgIpc) is 2.82. The van der Waals surface area contributed by atoms with E-state index < -0.39 is 0 Å². The Morgan fingerprint density at radius 2 is 2.17 bits per heavy atom. The summed E-state index contributed by atoms with van der Waals surface area (Å²) in [4.78, 5) is 1.70. The van der Waals surface area contributed by atoms with Crippen molar-refractivity contribution in [1.29, 1.82) is 5.41 Å². The molecule has 0 saturated heterocycles. The fourth-order valence-electron chi connectivity index (χ4n) is 2.43. The Balaban J connectivity index is 1.51. The second-order valence-electron chi connectivity index (χ2n) is 5.36. The van der Waals surface area contributed by atoms with Gasteiger partial charge in [-0.1, -0.05) is 18.2 Å². The molecule has 0 bridgehead atoms. The van der Waals surface area contributed by atoms with Crippen molar-refractivity contribution in [3.05, 3.63) is 63.4 Å². The first-order valence-corrected chi connectivity index (χ1v) is 8.41. The summed E-state index contributed by atoms with van der Waals surface area (Å²) in [6, 6.07) is 0. The van der Waals surface area contributed by atoms with Crippen LogP contribution < -0.4 is 4.80 Å². The van der Waals surface area contributed by atoms with Gasteiger partial charge >= 0.3 is 5.95 Å². The standard InChI is InChI=1S/C17H20N2O3S/c1-12-13(2)23-17(18)19(12)8-9-20-16-11-21-15(10-22-16)14-6-4-3-5-7-14/h3-4,6,10-11,18H,5,7-9H2,1-2H3. The lowest BCUT2D eigenvalue weighted by atomic mass is 10.0. The molecule has 0 amide bonds. The fourth-order valence-corrected chi connectivity index (χ4v) is 3.32. The first-order chi connectivity index (χ1) is 11.1. The summed E-state index contributed by atoms with van der Waals surface area (Å²) in [6.07, 6.45) is 11.2. The molecule has 1 aliphatic heterocycles. The lowest BCUT2D eigenvalue weighted by Crippen LogP contribution is -2.18. The molecule has 0 atom stereocenters. The van der Waals surface area contributed by atoms with Crippen molar-refractivity contribution in [1.82, 2.24) is 4.57 Å². The smallest absolute Gasteiger partial charge is 0.321 e. The molecule has 1 aromatic heterocycles. The molecule has 3 rings (SSSR count). The molecular weight excluding hydrogens is 312 g/mol. The molecule has 2 heterocycles. The summed E-state index contributed by atoms with van der Waals surface area (Å²) in [6.45, 7) is 5.09. The molecule has 0 radical (unpaired) electrons. The van der Waals surface area contributed by atoms with Gasteiger partial charge < -0.3 is 18.8 Å². The highest BCUT2D eigenvalue weighted by Crippen LogP contribution is 2.25. The molecule has 0 saturated carbocycles. The number of allylic oxidation sites excluding steroid dienone is 4. The van der Waals surface area contributed by atoms with Gasteiger partial charge in [0.05, 0.1) is 6.54 Å². The quantitative estimate of drug-likeness (QED) is 0.896. The Morgan fingerprint density at radius 3 is 2.78 bits per heavy atom. The Morgan fingerprint density at radius 1 is 1.30 bits per heavy atom. The number of nitrogens with zero attached hydrogens (tertiary/aromatic N) is 1. The molecule has 1 N–H and O–H groups in total. The van der Waals surface area contributed by atoms with E-state index in [2.05, 4.69) is 6.08 Å². The van der Waals surface area contributed by atoms with E-state index in [1.807, 2.05) is 30.6 Å². The Labute approximate surface area is 139 Å². The van der Waals surface area contributed by atoms with Crippen LogP contribution >= 0.6 is 11.3 Å². The van der Waals surface area contributed by atoms with Gasteiger partial charge in [0.15, 0.2) is 16.8 Å². The zero-order chi connectivity index (χ0) is 16.2. The van der Waals surface area contributed by atoms with Crippen LogP contribution in [-0.4, -0.2) is 11.2 Å². The van der Waals surface area contributed by atoms with Gasteiger partial charge in [0.2, 0.25) is 0 Å². The molecule has 0 spiro atoms. The van der Waals surface area contributed by atoms with Crippen LogP contribution in [0.3, 0.4) is 0 Å². The van der Waals surface area contributed by atoms with E-state index in [0.717, 1.165) is 34.7 Å². The maximum atomic E-state index is 7.93. The van der Waals surface area contributed by atoms with Gasteiger partial charge in [-0.3, -0.25) is 5.41 Å². The maximum Gasteiger partial charge on any atom is 0.321 e. The summed E-state index contributed by atoms with van der Waals surface area (Å²) < 4.78 is 18.6. The van der Waals surface area contributed by atoms with E-state index in [1.165, 1.54) is 17.6 Å². The van der Waals surface area contributed by atoms with Gasteiger partial charge in [-0.15, -0.1) is 11.3 Å². The molecule has 0 unspecified atom stereocenters. The summed E-state index contributed by atoms with van der Waals surface area (Å²) in [5.41, 5.74) is 2.24. The second-order valence-corrected chi connectivity index (χ2v) is 6.57. The highest BCUT2D eigenvalue weighted by molar-refractivity contribution is 7.09. The number of aromatic nitrogens is 1. The van der Waals surface area contributed by atoms with Crippen LogP contribution in [0.4, 0.5) is 0 Å². The third-order valence-corrected chi connectivity index (χ3v) is 4.88. The van der Waals surface area contributed by atoms with Crippen LogP contribution in [0.25, 0.3) is 0 Å². The van der Waals surface area contributed by atoms with Gasteiger partial charge in [0.1, 0.15) is 12.9 Å². The SMILES string of the molecule is Cc1sc(=N)n(CCOC2=COC(C3=CC=CCC3)=CO2)c1C. The van der Waals surface area contributed by atoms with Crippen molar-refractivity contribution in [3.63, 3.8) is 0 Å². The molecule has 5 nitrogen and oxygen atoms in total. The summed E-state index contributed by atoms with van der Waals surface area (Å²) in [5, 5.41) is 7.93. The first kappa shape index (κ1) is 15.7. The predicted molar refractivity (Wildman–Crippen MR) is 88.4 cm³/mol. The number of rotatable bonds is 5. The molecular formula is C17H20N2O3S. The summed E-state index contributed by atoms with van der Waals surface area (Å²) in [7, 11) is 0. The maximum absolute atomic E-state index is 7.93. The third kappa shape index (κ3) is 3.59. The van der Waals surface area contributed by atoms with Gasteiger partial charge in [-0.25, -0.2) is 0 Å². The minimum absolute atomic E-state index is 0.345. The van der Waals surface area contributed by atoms with E-state index in [1.54, 1.807) is 6.26 Å². The van der Waals surface area contributed by atoms with Crippen molar-refractivity contribution >= 4 is 11.3 Å². The highest BCUT2D eigenvalue weighted by atomic mass is 32.1. The number of aryl methyl sites for hydroxylation is 1. The molecule has 0 aromatic carbocycles. The molecule has 122 valence electrons. The van der Waals surface area contributed by atoms with Crippen molar-refractivity contribution in [2.75, 3.05) is 6.61 Å². The molecule has 1 aromatic rings. The van der Waals surface area contributed by atoms with E-state index in [4.69, 9.17) is 19.6 Å². The van der Waals surface area contributed by atoms with Crippen LogP contribution in [0.5, 0.6) is 0 Å². The third-order valence-electron chi connectivity index (χ3n) is 3.86. The van der Waals surface area contributed by atoms with Crippen molar-refractivity contribution in [2.45, 2.75) is 33.2 Å². The van der Waals surface area contributed by atoms with Crippen LogP contribution in [0.15, 0.2) is 48.0 Å². The number of hydrogen-bond donors (Lipinski definition) is 1. The Hall–Kier alpha value is -2.21. The lowest BCUT2D eigenvalue weighted by molar-refractivity contribution is 0.0488. The minimum atomic E-state index is 0.345. The number of ether oxygens (including phenoxy) is 3. The van der Waals surface area contributed by atoms with Gasteiger partial charge in [-0.2, -0.15) is 0 Å². The largest absolute Gasteiger partial charge is 0.461 e. The average molecular weight is 332 g/mol. The fraction of sp³-hybridized carbons (Fsp3) is 0.353. The van der Waals surface area contributed by atoms with Gasteiger partial charge in [0, 0.05) is 10.6 Å². The monoisotopic (exact) mass is 332 g/mol. The Bertz CT molecular complexity index is 765. The molecule has 1 aliphatic carbocycles. The number of hydrogen-bond acceptors (Lipinski definition) is 5. The van der Waals surface area contributed by atoms with E-state index >= 15 is 0 Å². The Kier molecular flexibility index (Phi) is 4.71.